The van der Waals surface area contributed by atoms with E-state index in [4.69, 9.17) is 29.1 Å². The third kappa shape index (κ3) is 4.19. The maximum atomic E-state index is 6.72. The fourth-order valence-corrected chi connectivity index (χ4v) is 7.17. The number of hydrogen-bond acceptors (Lipinski definition) is 6. The average molecular weight is 619 g/mol. The molecule has 3 aromatic heterocycles. The first-order valence-electron chi connectivity index (χ1n) is 16.0. The maximum absolute atomic E-state index is 6.72. The SMILES string of the molecule is C1=CC2c3c(-c4nc(-c5ccccc5)nc(-c5ccc6ccccc6c5)n4)ccnc3OC2C(c2cccc3oc4ccccc4c23)=C1. The number of aromatic nitrogens is 4. The summed E-state index contributed by atoms with van der Waals surface area (Å²) in [5.41, 5.74) is 7.61. The van der Waals surface area contributed by atoms with Crippen LogP contribution < -0.4 is 4.74 Å². The van der Waals surface area contributed by atoms with Gasteiger partial charge in [0.2, 0.25) is 5.88 Å². The largest absolute Gasteiger partial charge is 0.468 e. The van der Waals surface area contributed by atoms with E-state index in [2.05, 4.69) is 66.8 Å². The number of rotatable bonds is 4. The number of nitrogens with zero attached hydrogens (tertiary/aromatic N) is 4. The monoisotopic (exact) mass is 618 g/mol. The molecule has 8 aromatic rings. The highest BCUT2D eigenvalue weighted by Crippen LogP contribution is 2.50. The zero-order valence-corrected chi connectivity index (χ0v) is 25.6. The molecule has 2 atom stereocenters. The molecule has 0 saturated carbocycles. The zero-order valence-electron chi connectivity index (χ0n) is 25.6. The quantitative estimate of drug-likeness (QED) is 0.195. The molecule has 0 bridgehead atoms. The second-order valence-electron chi connectivity index (χ2n) is 12.2. The lowest BCUT2D eigenvalue weighted by Gasteiger charge is -2.23. The lowest BCUT2D eigenvalue weighted by molar-refractivity contribution is 0.270. The van der Waals surface area contributed by atoms with Crippen LogP contribution in [0, 0.1) is 0 Å². The molecule has 6 nitrogen and oxygen atoms in total. The molecule has 0 spiro atoms. The van der Waals surface area contributed by atoms with Gasteiger partial charge in [0.1, 0.15) is 17.3 Å². The molecule has 0 amide bonds. The molecule has 48 heavy (non-hydrogen) atoms. The third-order valence-electron chi connectivity index (χ3n) is 9.38. The van der Waals surface area contributed by atoms with Crippen LogP contribution in [0.3, 0.4) is 0 Å². The topological polar surface area (TPSA) is 73.9 Å². The molecule has 1 aliphatic carbocycles. The van der Waals surface area contributed by atoms with Gasteiger partial charge >= 0.3 is 0 Å². The summed E-state index contributed by atoms with van der Waals surface area (Å²) in [6.07, 6.45) is 7.98. The van der Waals surface area contributed by atoms with Gasteiger partial charge in [0.15, 0.2) is 17.5 Å². The van der Waals surface area contributed by atoms with Crippen LogP contribution in [0.15, 0.2) is 150 Å². The van der Waals surface area contributed by atoms with Crippen LogP contribution in [0.25, 0.3) is 72.4 Å². The summed E-state index contributed by atoms with van der Waals surface area (Å²) < 4.78 is 13.0. The summed E-state index contributed by atoms with van der Waals surface area (Å²) in [5.74, 6) is 2.32. The highest BCUT2D eigenvalue weighted by atomic mass is 16.5. The molecule has 0 radical (unpaired) electrons. The Labute approximate surface area is 275 Å². The Kier molecular flexibility index (Phi) is 5.90. The number of fused-ring (bicyclic) bond motifs is 7. The zero-order chi connectivity index (χ0) is 31.6. The van der Waals surface area contributed by atoms with Crippen molar-refractivity contribution in [1.82, 2.24) is 19.9 Å². The summed E-state index contributed by atoms with van der Waals surface area (Å²) in [6.45, 7) is 0. The average Bonchev–Trinajstić information content (AvgIpc) is 3.74. The first kappa shape index (κ1) is 26.8. The Bertz CT molecular complexity index is 2620. The Morgan fingerprint density at radius 2 is 1.35 bits per heavy atom. The molecule has 2 aliphatic rings. The van der Waals surface area contributed by atoms with Crippen LogP contribution in [-0.4, -0.2) is 26.0 Å². The van der Waals surface area contributed by atoms with Gasteiger partial charge < -0.3 is 9.15 Å². The van der Waals surface area contributed by atoms with E-state index < -0.39 is 0 Å². The molecule has 0 saturated heterocycles. The fraction of sp³-hybridized carbons (Fsp3) is 0.0476. The Morgan fingerprint density at radius 3 is 2.27 bits per heavy atom. The second-order valence-corrected chi connectivity index (χ2v) is 12.2. The highest BCUT2D eigenvalue weighted by molar-refractivity contribution is 6.10. The Hall–Kier alpha value is -6.40. The van der Waals surface area contributed by atoms with Crippen molar-refractivity contribution in [2.24, 2.45) is 0 Å². The van der Waals surface area contributed by atoms with Gasteiger partial charge in [-0.1, -0.05) is 115 Å². The summed E-state index contributed by atoms with van der Waals surface area (Å²) >= 11 is 0. The summed E-state index contributed by atoms with van der Waals surface area (Å²) in [4.78, 5) is 19.9. The molecular weight excluding hydrogens is 592 g/mol. The minimum absolute atomic E-state index is 0.0850. The number of benzene rings is 5. The maximum Gasteiger partial charge on any atom is 0.218 e. The van der Waals surface area contributed by atoms with E-state index in [0.29, 0.717) is 23.4 Å². The van der Waals surface area contributed by atoms with Crippen LogP contribution in [0.4, 0.5) is 0 Å². The highest BCUT2D eigenvalue weighted by Gasteiger charge is 2.41. The first-order chi connectivity index (χ1) is 23.8. The van der Waals surface area contributed by atoms with Gasteiger partial charge in [-0.2, -0.15) is 0 Å². The molecule has 1 aliphatic heterocycles. The van der Waals surface area contributed by atoms with Gasteiger partial charge in [0, 0.05) is 50.7 Å². The molecule has 226 valence electrons. The van der Waals surface area contributed by atoms with E-state index in [1.54, 1.807) is 6.20 Å². The van der Waals surface area contributed by atoms with E-state index in [9.17, 15) is 0 Å². The molecule has 6 heteroatoms. The number of furan rings is 1. The van der Waals surface area contributed by atoms with Gasteiger partial charge in [-0.3, -0.25) is 0 Å². The van der Waals surface area contributed by atoms with Crippen molar-refractivity contribution in [3.05, 3.63) is 157 Å². The fourth-order valence-electron chi connectivity index (χ4n) is 7.17. The Balaban J connectivity index is 1.12. The number of hydrogen-bond donors (Lipinski definition) is 0. The van der Waals surface area contributed by atoms with Gasteiger partial charge in [-0.25, -0.2) is 19.9 Å². The molecule has 10 rings (SSSR count). The predicted molar refractivity (Wildman–Crippen MR) is 189 cm³/mol. The lowest BCUT2D eigenvalue weighted by atomic mass is 9.82. The van der Waals surface area contributed by atoms with Crippen molar-refractivity contribution in [2.75, 3.05) is 0 Å². The molecule has 5 aromatic carbocycles. The lowest BCUT2D eigenvalue weighted by Crippen LogP contribution is -2.21. The summed E-state index contributed by atoms with van der Waals surface area (Å²) in [6, 6.07) is 41.1. The van der Waals surface area contributed by atoms with Gasteiger partial charge in [0.05, 0.1) is 0 Å². The van der Waals surface area contributed by atoms with Gasteiger partial charge in [0.25, 0.3) is 0 Å². The van der Waals surface area contributed by atoms with E-state index >= 15 is 0 Å². The molecular formula is C42H26N4O2. The number of para-hydroxylation sites is 1. The normalized spacial score (nSPS) is 16.5. The van der Waals surface area contributed by atoms with Crippen molar-refractivity contribution >= 4 is 38.3 Å². The van der Waals surface area contributed by atoms with E-state index in [0.717, 1.165) is 60.7 Å². The standard InChI is InChI=1S/C42H26N4O2/c1-2-11-26(12-3-1)39-44-40(28-21-20-25-10-4-5-13-27(25)24-28)46-41(45-39)33-22-23-43-42-37(33)32-17-8-16-30(38(32)48-42)29-15-9-19-35-36(29)31-14-6-7-18-34(31)47-35/h1-24,32,38H. The van der Waals surface area contributed by atoms with E-state index in [1.807, 2.05) is 72.8 Å². The molecule has 4 heterocycles. The summed E-state index contributed by atoms with van der Waals surface area (Å²) in [5, 5.41) is 4.47. The van der Waals surface area contributed by atoms with E-state index in [1.165, 1.54) is 5.39 Å². The molecule has 0 fully saturated rings. The van der Waals surface area contributed by atoms with Crippen molar-refractivity contribution < 1.29 is 9.15 Å². The molecule has 0 N–H and O–H groups in total. The van der Waals surface area contributed by atoms with E-state index in [-0.39, 0.29) is 12.0 Å². The minimum atomic E-state index is -0.270. The number of allylic oxidation sites excluding steroid dienone is 2. The van der Waals surface area contributed by atoms with Crippen molar-refractivity contribution in [2.45, 2.75) is 12.0 Å². The van der Waals surface area contributed by atoms with Crippen molar-refractivity contribution in [3.8, 4) is 40.0 Å². The number of ether oxygens (including phenoxy) is 1. The summed E-state index contributed by atoms with van der Waals surface area (Å²) in [7, 11) is 0. The van der Waals surface area contributed by atoms with Crippen molar-refractivity contribution in [3.63, 3.8) is 0 Å². The van der Waals surface area contributed by atoms with Crippen LogP contribution >= 0.6 is 0 Å². The Morgan fingerprint density at radius 1 is 0.583 bits per heavy atom. The van der Waals surface area contributed by atoms with Crippen LogP contribution in [0.1, 0.15) is 17.0 Å². The van der Waals surface area contributed by atoms with Crippen LogP contribution in [0.5, 0.6) is 5.88 Å². The van der Waals surface area contributed by atoms with Crippen LogP contribution in [-0.2, 0) is 0 Å². The predicted octanol–water partition coefficient (Wildman–Crippen LogP) is 9.82. The van der Waals surface area contributed by atoms with Crippen LogP contribution in [0.2, 0.25) is 0 Å². The van der Waals surface area contributed by atoms with Gasteiger partial charge in [-0.05, 0) is 40.6 Å². The second kappa shape index (κ2) is 10.6. The smallest absolute Gasteiger partial charge is 0.218 e. The molecule has 2 unspecified atom stereocenters. The minimum Gasteiger partial charge on any atom is -0.468 e. The van der Waals surface area contributed by atoms with Crippen molar-refractivity contribution in [1.29, 1.82) is 0 Å². The third-order valence-corrected chi connectivity index (χ3v) is 9.38. The van der Waals surface area contributed by atoms with Gasteiger partial charge in [-0.15, -0.1) is 0 Å². The first-order valence-corrected chi connectivity index (χ1v) is 16.0. The number of pyridine rings is 1.